The largest absolute Gasteiger partial charge is 0.382 e. The molecule has 0 atom stereocenters. The molecule has 0 aromatic carbocycles. The molecule has 6 heteroatoms. The Balaban J connectivity index is 0.00000361. The summed E-state index contributed by atoms with van der Waals surface area (Å²) >= 11 is 0. The quantitative estimate of drug-likeness (QED) is 0.323. The normalized spacial score (nSPS) is 10.8. The lowest BCUT2D eigenvalue weighted by atomic mass is 10.3. The fourth-order valence-electron chi connectivity index (χ4n) is 1.62. The van der Waals surface area contributed by atoms with Gasteiger partial charge in [0.1, 0.15) is 0 Å². The van der Waals surface area contributed by atoms with E-state index in [1.54, 1.807) is 7.05 Å². The first-order chi connectivity index (χ1) is 9.26. The number of aryl methyl sites for hydroxylation is 1. The van der Waals surface area contributed by atoms with Gasteiger partial charge in [-0.2, -0.15) is 0 Å². The van der Waals surface area contributed by atoms with Gasteiger partial charge in [0, 0.05) is 32.5 Å². The third-order valence-corrected chi connectivity index (χ3v) is 2.57. The van der Waals surface area contributed by atoms with E-state index >= 15 is 0 Å². The van der Waals surface area contributed by atoms with Crippen LogP contribution in [0.25, 0.3) is 0 Å². The number of hydrogen-bond acceptors (Lipinski definition) is 3. The van der Waals surface area contributed by atoms with Crippen molar-refractivity contribution in [1.29, 1.82) is 0 Å². The van der Waals surface area contributed by atoms with Crippen LogP contribution in [0.2, 0.25) is 0 Å². The monoisotopic (exact) mass is 392 g/mol. The summed E-state index contributed by atoms with van der Waals surface area (Å²) in [5, 5.41) is 6.48. The minimum Gasteiger partial charge on any atom is -0.382 e. The van der Waals surface area contributed by atoms with E-state index in [0.29, 0.717) is 6.54 Å². The lowest BCUT2D eigenvalue weighted by Gasteiger charge is -2.11. The summed E-state index contributed by atoms with van der Waals surface area (Å²) in [5.41, 5.74) is 2.04. The van der Waals surface area contributed by atoms with Crippen molar-refractivity contribution in [1.82, 2.24) is 15.6 Å². The van der Waals surface area contributed by atoms with Crippen molar-refractivity contribution in [3.8, 4) is 0 Å². The van der Waals surface area contributed by atoms with Crippen LogP contribution < -0.4 is 10.6 Å². The second kappa shape index (κ2) is 11.9. The van der Waals surface area contributed by atoms with Crippen molar-refractivity contribution >= 4 is 29.9 Å². The van der Waals surface area contributed by atoms with Crippen molar-refractivity contribution in [2.24, 2.45) is 4.99 Å². The van der Waals surface area contributed by atoms with E-state index < -0.39 is 0 Å². The minimum atomic E-state index is 0. The Hall–Kier alpha value is -0.890. The van der Waals surface area contributed by atoms with Crippen molar-refractivity contribution in [2.75, 3.05) is 26.8 Å². The third-order valence-electron chi connectivity index (χ3n) is 2.57. The molecule has 0 aliphatic rings. The van der Waals surface area contributed by atoms with Crippen LogP contribution in [0.4, 0.5) is 0 Å². The van der Waals surface area contributed by atoms with Gasteiger partial charge in [-0.3, -0.25) is 9.98 Å². The van der Waals surface area contributed by atoms with E-state index in [2.05, 4.69) is 20.6 Å². The molecule has 0 saturated carbocycles. The molecular weight excluding hydrogens is 367 g/mol. The maximum Gasteiger partial charge on any atom is 0.191 e. The topological polar surface area (TPSA) is 58.5 Å². The predicted molar refractivity (Wildman–Crippen MR) is 93.7 cm³/mol. The Morgan fingerprint density at radius 3 is 2.80 bits per heavy atom. The van der Waals surface area contributed by atoms with Gasteiger partial charge >= 0.3 is 0 Å². The van der Waals surface area contributed by atoms with Gasteiger partial charge in [0.25, 0.3) is 0 Å². The number of aliphatic imine (C=N–C) groups is 1. The highest BCUT2D eigenvalue weighted by Crippen LogP contribution is 1.97. The van der Waals surface area contributed by atoms with Gasteiger partial charge < -0.3 is 15.4 Å². The summed E-state index contributed by atoms with van der Waals surface area (Å²) in [6, 6.07) is 6.00. The minimum absolute atomic E-state index is 0. The Morgan fingerprint density at radius 2 is 2.15 bits per heavy atom. The molecule has 0 aliphatic carbocycles. The van der Waals surface area contributed by atoms with Gasteiger partial charge in [0.15, 0.2) is 5.96 Å². The molecule has 0 spiro atoms. The molecule has 0 unspecified atom stereocenters. The molecule has 1 aromatic rings. The Kier molecular flexibility index (Phi) is 11.4. The lowest BCUT2D eigenvalue weighted by molar-refractivity contribution is 0.145. The highest BCUT2D eigenvalue weighted by atomic mass is 127. The number of pyridine rings is 1. The highest BCUT2D eigenvalue weighted by Gasteiger charge is 1.99. The third kappa shape index (κ3) is 8.31. The van der Waals surface area contributed by atoms with Crippen LogP contribution in [0, 0.1) is 6.92 Å². The number of aromatic nitrogens is 1. The predicted octanol–water partition coefficient (Wildman–Crippen LogP) is 2.10. The average Bonchev–Trinajstić information content (AvgIpc) is 2.42. The molecule has 1 heterocycles. The van der Waals surface area contributed by atoms with Gasteiger partial charge in [-0.05, 0) is 32.4 Å². The standard InChI is InChI=1S/C14H24N4O.HI/c1-4-19-10-6-9-16-14(15-3)17-11-13-8-5-7-12(2)18-13;/h5,7-8H,4,6,9-11H2,1-3H3,(H2,15,16,17);1H. The fourth-order valence-corrected chi connectivity index (χ4v) is 1.62. The summed E-state index contributed by atoms with van der Waals surface area (Å²) in [7, 11) is 1.77. The fraction of sp³-hybridized carbons (Fsp3) is 0.571. The molecule has 0 fully saturated rings. The Labute approximate surface area is 138 Å². The molecule has 2 N–H and O–H groups in total. The van der Waals surface area contributed by atoms with Crippen LogP contribution in [0.1, 0.15) is 24.7 Å². The number of hydrogen-bond donors (Lipinski definition) is 2. The van der Waals surface area contributed by atoms with Gasteiger partial charge in [0.05, 0.1) is 12.2 Å². The summed E-state index contributed by atoms with van der Waals surface area (Å²) in [6.45, 7) is 7.06. The first-order valence-electron chi connectivity index (χ1n) is 6.71. The number of guanidine groups is 1. The van der Waals surface area contributed by atoms with E-state index in [1.165, 1.54) is 0 Å². The summed E-state index contributed by atoms with van der Waals surface area (Å²) in [5.74, 6) is 0.791. The summed E-state index contributed by atoms with van der Waals surface area (Å²) < 4.78 is 5.28. The maximum atomic E-state index is 5.28. The Morgan fingerprint density at radius 1 is 1.35 bits per heavy atom. The molecule has 1 aromatic heterocycles. The Bertz CT molecular complexity index is 399. The van der Waals surface area contributed by atoms with Crippen molar-refractivity contribution in [2.45, 2.75) is 26.8 Å². The van der Waals surface area contributed by atoms with Crippen LogP contribution in [-0.4, -0.2) is 37.7 Å². The summed E-state index contributed by atoms with van der Waals surface area (Å²) in [6.07, 6.45) is 0.969. The van der Waals surface area contributed by atoms with Gasteiger partial charge in [-0.25, -0.2) is 0 Å². The van der Waals surface area contributed by atoms with E-state index in [1.807, 2.05) is 32.0 Å². The van der Waals surface area contributed by atoms with Gasteiger partial charge in [0.2, 0.25) is 0 Å². The zero-order chi connectivity index (χ0) is 13.9. The van der Waals surface area contributed by atoms with Crippen molar-refractivity contribution in [3.63, 3.8) is 0 Å². The van der Waals surface area contributed by atoms with Gasteiger partial charge in [-0.1, -0.05) is 6.07 Å². The SMILES string of the molecule is CCOCCCNC(=NC)NCc1cccc(C)n1.I. The average molecular weight is 392 g/mol. The molecule has 1 rings (SSSR count). The van der Waals surface area contributed by atoms with E-state index in [4.69, 9.17) is 4.74 Å². The summed E-state index contributed by atoms with van der Waals surface area (Å²) in [4.78, 5) is 8.60. The zero-order valence-electron chi connectivity index (χ0n) is 12.5. The molecular formula is C14H25IN4O. The van der Waals surface area contributed by atoms with Crippen LogP contribution in [0.15, 0.2) is 23.2 Å². The second-order valence-electron chi connectivity index (χ2n) is 4.17. The smallest absolute Gasteiger partial charge is 0.191 e. The number of rotatable bonds is 7. The molecule has 0 bridgehead atoms. The first-order valence-corrected chi connectivity index (χ1v) is 6.71. The maximum absolute atomic E-state index is 5.28. The van der Waals surface area contributed by atoms with Crippen molar-refractivity contribution < 1.29 is 4.74 Å². The molecule has 0 radical (unpaired) electrons. The molecule has 114 valence electrons. The molecule has 5 nitrogen and oxygen atoms in total. The number of halogens is 1. The number of nitrogens with zero attached hydrogens (tertiary/aromatic N) is 2. The highest BCUT2D eigenvalue weighted by molar-refractivity contribution is 14.0. The van der Waals surface area contributed by atoms with E-state index in [-0.39, 0.29) is 24.0 Å². The van der Waals surface area contributed by atoms with Crippen molar-refractivity contribution in [3.05, 3.63) is 29.6 Å². The van der Waals surface area contributed by atoms with E-state index in [9.17, 15) is 0 Å². The second-order valence-corrected chi connectivity index (χ2v) is 4.17. The lowest BCUT2D eigenvalue weighted by Crippen LogP contribution is -2.37. The van der Waals surface area contributed by atoms with Crippen LogP contribution in [0.3, 0.4) is 0 Å². The molecule has 20 heavy (non-hydrogen) atoms. The van der Waals surface area contributed by atoms with Crippen LogP contribution in [-0.2, 0) is 11.3 Å². The first kappa shape index (κ1) is 19.1. The van der Waals surface area contributed by atoms with Crippen LogP contribution >= 0.6 is 24.0 Å². The van der Waals surface area contributed by atoms with Gasteiger partial charge in [-0.15, -0.1) is 24.0 Å². The number of ether oxygens (including phenoxy) is 1. The zero-order valence-corrected chi connectivity index (χ0v) is 14.8. The number of nitrogens with one attached hydrogen (secondary N) is 2. The van der Waals surface area contributed by atoms with E-state index in [0.717, 1.165) is 43.5 Å². The molecule has 0 amide bonds. The van der Waals surface area contributed by atoms with Crippen LogP contribution in [0.5, 0.6) is 0 Å². The molecule has 0 aliphatic heterocycles. The molecule has 0 saturated heterocycles.